The number of rotatable bonds is 4. The van der Waals surface area contributed by atoms with Gasteiger partial charge >= 0.3 is 6.18 Å². The molecule has 94 valence electrons. The molecule has 17 heavy (non-hydrogen) atoms. The number of benzene rings is 1. The Morgan fingerprint density at radius 1 is 1.24 bits per heavy atom. The first-order valence-electron chi connectivity index (χ1n) is 4.82. The summed E-state index contributed by atoms with van der Waals surface area (Å²) in [7, 11) is 0. The first kappa shape index (κ1) is 13.7. The van der Waals surface area contributed by atoms with Crippen LogP contribution in [0.2, 0.25) is 0 Å². The van der Waals surface area contributed by atoms with Crippen LogP contribution < -0.4 is 0 Å². The standard InChI is InChI=1S/C11H11F3O3/c12-11(13,14)8-3-1-7(2-4-8)10(17)5-9(16)6-15/h1-4,10,15,17H,5-6H2/t10-/m1/s1. The Morgan fingerprint density at radius 2 is 1.76 bits per heavy atom. The summed E-state index contributed by atoms with van der Waals surface area (Å²) < 4.78 is 36.7. The van der Waals surface area contributed by atoms with Crippen molar-refractivity contribution < 1.29 is 28.2 Å². The number of carbonyl (C=O) groups excluding carboxylic acids is 1. The Kier molecular flexibility index (Phi) is 4.25. The zero-order chi connectivity index (χ0) is 13.1. The molecule has 6 heteroatoms. The molecule has 1 atom stereocenters. The van der Waals surface area contributed by atoms with E-state index in [1.54, 1.807) is 0 Å². The third-order valence-electron chi connectivity index (χ3n) is 2.22. The topological polar surface area (TPSA) is 57.5 Å². The van der Waals surface area contributed by atoms with Crippen molar-refractivity contribution in [2.75, 3.05) is 6.61 Å². The molecule has 1 rings (SSSR count). The monoisotopic (exact) mass is 248 g/mol. The summed E-state index contributed by atoms with van der Waals surface area (Å²) in [4.78, 5) is 10.8. The highest BCUT2D eigenvalue weighted by molar-refractivity contribution is 5.80. The van der Waals surface area contributed by atoms with Gasteiger partial charge in [-0.25, -0.2) is 0 Å². The maximum Gasteiger partial charge on any atom is 0.416 e. The van der Waals surface area contributed by atoms with E-state index in [1.165, 1.54) is 0 Å². The molecule has 2 N–H and O–H groups in total. The largest absolute Gasteiger partial charge is 0.416 e. The number of ketones is 1. The number of halogens is 3. The highest BCUT2D eigenvalue weighted by Crippen LogP contribution is 2.30. The van der Waals surface area contributed by atoms with Gasteiger partial charge in [0.2, 0.25) is 0 Å². The van der Waals surface area contributed by atoms with E-state index in [4.69, 9.17) is 5.11 Å². The molecule has 0 radical (unpaired) electrons. The van der Waals surface area contributed by atoms with E-state index >= 15 is 0 Å². The lowest BCUT2D eigenvalue weighted by atomic mass is 10.0. The Bertz CT molecular complexity index is 384. The van der Waals surface area contributed by atoms with Gasteiger partial charge in [-0.05, 0) is 17.7 Å². The average Bonchev–Trinajstić information content (AvgIpc) is 2.27. The van der Waals surface area contributed by atoms with Gasteiger partial charge in [0.05, 0.1) is 11.7 Å². The fraction of sp³-hybridized carbons (Fsp3) is 0.364. The fourth-order valence-corrected chi connectivity index (χ4v) is 1.29. The van der Waals surface area contributed by atoms with Gasteiger partial charge in [-0.1, -0.05) is 12.1 Å². The summed E-state index contributed by atoms with van der Waals surface area (Å²) >= 11 is 0. The third-order valence-corrected chi connectivity index (χ3v) is 2.22. The van der Waals surface area contributed by atoms with Gasteiger partial charge in [0, 0.05) is 6.42 Å². The molecule has 0 saturated heterocycles. The normalized spacial score (nSPS) is 13.5. The molecule has 0 aliphatic carbocycles. The number of hydrogen-bond donors (Lipinski definition) is 2. The highest BCUT2D eigenvalue weighted by Gasteiger charge is 2.30. The Balaban J connectivity index is 2.77. The molecule has 0 amide bonds. The number of hydrogen-bond acceptors (Lipinski definition) is 3. The molecule has 3 nitrogen and oxygen atoms in total. The molecule has 1 aromatic rings. The zero-order valence-electron chi connectivity index (χ0n) is 8.74. The summed E-state index contributed by atoms with van der Waals surface area (Å²) in [6, 6.07) is 3.89. The van der Waals surface area contributed by atoms with Crippen molar-refractivity contribution >= 4 is 5.78 Å². The molecule has 1 aromatic carbocycles. The van der Waals surface area contributed by atoms with Crippen LogP contribution >= 0.6 is 0 Å². The van der Waals surface area contributed by atoms with E-state index in [2.05, 4.69) is 0 Å². The van der Waals surface area contributed by atoms with Gasteiger partial charge in [0.25, 0.3) is 0 Å². The van der Waals surface area contributed by atoms with Gasteiger partial charge in [0.1, 0.15) is 6.61 Å². The zero-order valence-corrected chi connectivity index (χ0v) is 8.74. The SMILES string of the molecule is O=C(CO)C[C@@H](O)c1ccc(C(F)(F)F)cc1. The van der Waals surface area contributed by atoms with E-state index in [1.807, 2.05) is 0 Å². The fourth-order valence-electron chi connectivity index (χ4n) is 1.29. The second-order valence-electron chi connectivity index (χ2n) is 3.54. The average molecular weight is 248 g/mol. The second-order valence-corrected chi connectivity index (χ2v) is 3.54. The van der Waals surface area contributed by atoms with Gasteiger partial charge in [0.15, 0.2) is 5.78 Å². The quantitative estimate of drug-likeness (QED) is 0.852. The Hall–Kier alpha value is -1.40. The minimum atomic E-state index is -4.43. The maximum absolute atomic E-state index is 12.2. The molecule has 0 bridgehead atoms. The van der Waals surface area contributed by atoms with Gasteiger partial charge in [-0.15, -0.1) is 0 Å². The van der Waals surface area contributed by atoms with Crippen molar-refractivity contribution in [3.8, 4) is 0 Å². The molecule has 0 fully saturated rings. The number of aliphatic hydroxyl groups is 2. The number of carbonyl (C=O) groups is 1. The van der Waals surface area contributed by atoms with Crippen LogP contribution in [0.1, 0.15) is 23.7 Å². The van der Waals surface area contributed by atoms with Crippen molar-refractivity contribution in [3.05, 3.63) is 35.4 Å². The lowest BCUT2D eigenvalue weighted by Gasteiger charge is -2.11. The van der Waals surface area contributed by atoms with Gasteiger partial charge in [-0.3, -0.25) is 4.79 Å². The Morgan fingerprint density at radius 3 is 2.18 bits per heavy atom. The summed E-state index contributed by atoms with van der Waals surface area (Å²) in [5.74, 6) is -0.572. The van der Waals surface area contributed by atoms with E-state index in [0.29, 0.717) is 0 Å². The van der Waals surface area contributed by atoms with Crippen molar-refractivity contribution in [2.24, 2.45) is 0 Å². The van der Waals surface area contributed by atoms with Crippen LogP contribution in [0.25, 0.3) is 0 Å². The van der Waals surface area contributed by atoms with Crippen LogP contribution in [0, 0.1) is 0 Å². The molecule has 0 aliphatic rings. The van der Waals surface area contributed by atoms with E-state index in [0.717, 1.165) is 24.3 Å². The second kappa shape index (κ2) is 5.29. The van der Waals surface area contributed by atoms with E-state index < -0.39 is 30.2 Å². The summed E-state index contributed by atoms with van der Waals surface area (Å²) in [5, 5.41) is 18.0. The number of Topliss-reactive ketones (excluding diaryl/α,β-unsaturated/α-hetero) is 1. The predicted molar refractivity (Wildman–Crippen MR) is 53.1 cm³/mol. The van der Waals surface area contributed by atoms with Crippen LogP contribution in [0.3, 0.4) is 0 Å². The van der Waals surface area contributed by atoms with Crippen LogP contribution in [0.4, 0.5) is 13.2 Å². The molecule has 0 aromatic heterocycles. The smallest absolute Gasteiger partial charge is 0.389 e. The maximum atomic E-state index is 12.2. The predicted octanol–water partition coefficient (Wildman–Crippen LogP) is 1.69. The van der Waals surface area contributed by atoms with Crippen LogP contribution in [0.5, 0.6) is 0 Å². The molecule has 0 heterocycles. The highest BCUT2D eigenvalue weighted by atomic mass is 19.4. The van der Waals surface area contributed by atoms with E-state index in [-0.39, 0.29) is 12.0 Å². The summed E-state index contributed by atoms with van der Waals surface area (Å²) in [6.45, 7) is -0.697. The lowest BCUT2D eigenvalue weighted by Crippen LogP contribution is -2.10. The first-order valence-corrected chi connectivity index (χ1v) is 4.82. The van der Waals surface area contributed by atoms with Crippen LogP contribution in [-0.4, -0.2) is 22.6 Å². The minimum absolute atomic E-state index is 0.208. The first-order chi connectivity index (χ1) is 7.84. The molecular weight excluding hydrogens is 237 g/mol. The number of aliphatic hydroxyl groups excluding tert-OH is 2. The van der Waals surface area contributed by atoms with Crippen molar-refractivity contribution in [1.82, 2.24) is 0 Å². The molecule has 0 aliphatic heterocycles. The van der Waals surface area contributed by atoms with Gasteiger partial charge < -0.3 is 10.2 Å². The lowest BCUT2D eigenvalue weighted by molar-refractivity contribution is -0.137. The molecule has 0 unspecified atom stereocenters. The van der Waals surface area contributed by atoms with Crippen molar-refractivity contribution in [1.29, 1.82) is 0 Å². The summed E-state index contributed by atoms with van der Waals surface area (Å²) in [6.07, 6.45) is -5.94. The molecule has 0 saturated carbocycles. The third kappa shape index (κ3) is 3.83. The number of alkyl halides is 3. The Labute approximate surface area is 95.5 Å². The van der Waals surface area contributed by atoms with Crippen LogP contribution in [-0.2, 0) is 11.0 Å². The van der Waals surface area contributed by atoms with Crippen LogP contribution in [0.15, 0.2) is 24.3 Å². The molecule has 0 spiro atoms. The van der Waals surface area contributed by atoms with Gasteiger partial charge in [-0.2, -0.15) is 13.2 Å². The van der Waals surface area contributed by atoms with Crippen molar-refractivity contribution in [3.63, 3.8) is 0 Å². The van der Waals surface area contributed by atoms with E-state index in [9.17, 15) is 23.1 Å². The minimum Gasteiger partial charge on any atom is -0.389 e. The summed E-state index contributed by atoms with van der Waals surface area (Å²) in [5.41, 5.74) is -0.610. The molecular formula is C11H11F3O3. The van der Waals surface area contributed by atoms with Crippen molar-refractivity contribution in [2.45, 2.75) is 18.7 Å².